The van der Waals surface area contributed by atoms with Gasteiger partial charge in [-0.2, -0.15) is 5.26 Å². The zero-order valence-electron chi connectivity index (χ0n) is 10.4. The Balaban J connectivity index is 3.10. The lowest BCUT2D eigenvalue weighted by molar-refractivity contribution is 0.0436. The monoisotopic (exact) mass is 250 g/mol. The standard InChI is InChI=1S/C12H14N2O4/c1-7(6-13)18-12(15)8-4-10(16-2)11(17-3)5-9(8)14/h4-5,7H,14H2,1-3H3. The quantitative estimate of drug-likeness (QED) is 0.640. The van der Waals surface area contributed by atoms with Crippen LogP contribution in [0.1, 0.15) is 17.3 Å². The molecule has 2 N–H and O–H groups in total. The number of nitrogens with two attached hydrogens (primary N) is 1. The third-order valence-electron chi connectivity index (χ3n) is 2.24. The van der Waals surface area contributed by atoms with Crippen LogP contribution in [-0.2, 0) is 4.74 Å². The topological polar surface area (TPSA) is 94.6 Å². The van der Waals surface area contributed by atoms with Crippen LogP contribution < -0.4 is 15.2 Å². The van der Waals surface area contributed by atoms with Crippen molar-refractivity contribution in [3.05, 3.63) is 17.7 Å². The highest BCUT2D eigenvalue weighted by Crippen LogP contribution is 2.32. The van der Waals surface area contributed by atoms with Crippen LogP contribution in [-0.4, -0.2) is 26.3 Å². The lowest BCUT2D eigenvalue weighted by Crippen LogP contribution is -2.15. The molecule has 0 spiro atoms. The normalized spacial score (nSPS) is 11.2. The van der Waals surface area contributed by atoms with Crippen LogP contribution in [0.25, 0.3) is 0 Å². The van der Waals surface area contributed by atoms with Crippen LogP contribution in [0.2, 0.25) is 0 Å². The van der Waals surface area contributed by atoms with E-state index >= 15 is 0 Å². The second kappa shape index (κ2) is 5.77. The molecule has 0 bridgehead atoms. The molecule has 1 aromatic rings. The van der Waals surface area contributed by atoms with E-state index in [9.17, 15) is 4.79 Å². The van der Waals surface area contributed by atoms with Crippen molar-refractivity contribution < 1.29 is 19.0 Å². The number of anilines is 1. The Labute approximate surface area is 105 Å². The first-order valence-corrected chi connectivity index (χ1v) is 5.15. The molecule has 0 aliphatic carbocycles. The summed E-state index contributed by atoms with van der Waals surface area (Å²) in [6.45, 7) is 1.47. The Morgan fingerprint density at radius 2 is 1.89 bits per heavy atom. The summed E-state index contributed by atoms with van der Waals surface area (Å²) in [5.41, 5.74) is 6.05. The number of nitrogen functional groups attached to an aromatic ring is 1. The molecule has 1 rings (SSSR count). The van der Waals surface area contributed by atoms with E-state index in [0.717, 1.165) is 0 Å². The number of hydrogen-bond donors (Lipinski definition) is 1. The van der Waals surface area contributed by atoms with E-state index in [-0.39, 0.29) is 11.3 Å². The van der Waals surface area contributed by atoms with Crippen molar-refractivity contribution in [3.63, 3.8) is 0 Å². The van der Waals surface area contributed by atoms with Gasteiger partial charge in [0.25, 0.3) is 0 Å². The van der Waals surface area contributed by atoms with Gasteiger partial charge in [0.2, 0.25) is 0 Å². The summed E-state index contributed by atoms with van der Waals surface area (Å²) in [5.74, 6) is 0.102. The Morgan fingerprint density at radius 3 is 2.39 bits per heavy atom. The van der Waals surface area contributed by atoms with Gasteiger partial charge in [-0.15, -0.1) is 0 Å². The van der Waals surface area contributed by atoms with Gasteiger partial charge in [0, 0.05) is 12.1 Å². The Bertz CT molecular complexity index is 494. The molecule has 1 aromatic carbocycles. The molecule has 6 heteroatoms. The summed E-state index contributed by atoms with van der Waals surface area (Å²) in [7, 11) is 2.91. The highest BCUT2D eigenvalue weighted by atomic mass is 16.5. The third kappa shape index (κ3) is 2.83. The van der Waals surface area contributed by atoms with E-state index in [0.29, 0.717) is 11.5 Å². The molecule has 6 nitrogen and oxygen atoms in total. The molecular weight excluding hydrogens is 236 g/mol. The summed E-state index contributed by atoms with van der Waals surface area (Å²) in [5, 5.41) is 8.58. The maximum absolute atomic E-state index is 11.8. The molecule has 0 saturated carbocycles. The number of ether oxygens (including phenoxy) is 3. The van der Waals surface area contributed by atoms with E-state index < -0.39 is 12.1 Å². The highest BCUT2D eigenvalue weighted by Gasteiger charge is 2.18. The van der Waals surface area contributed by atoms with E-state index in [4.69, 9.17) is 25.2 Å². The largest absolute Gasteiger partial charge is 0.493 e. The molecule has 0 aliphatic rings. The van der Waals surface area contributed by atoms with E-state index in [1.165, 1.54) is 33.3 Å². The lowest BCUT2D eigenvalue weighted by Gasteiger charge is -2.12. The van der Waals surface area contributed by atoms with Crippen molar-refractivity contribution in [1.82, 2.24) is 0 Å². The van der Waals surface area contributed by atoms with Gasteiger partial charge in [-0.05, 0) is 6.92 Å². The Kier molecular flexibility index (Phi) is 4.38. The molecule has 0 aliphatic heterocycles. The van der Waals surface area contributed by atoms with E-state index in [2.05, 4.69) is 0 Å². The highest BCUT2D eigenvalue weighted by molar-refractivity contribution is 5.96. The smallest absolute Gasteiger partial charge is 0.341 e. The van der Waals surface area contributed by atoms with Crippen molar-refractivity contribution in [1.29, 1.82) is 5.26 Å². The van der Waals surface area contributed by atoms with Gasteiger partial charge in [0.15, 0.2) is 17.6 Å². The number of nitrogens with zero attached hydrogens (tertiary/aromatic N) is 1. The Hall–Kier alpha value is -2.42. The second-order valence-electron chi connectivity index (χ2n) is 3.47. The minimum Gasteiger partial charge on any atom is -0.493 e. The molecule has 18 heavy (non-hydrogen) atoms. The summed E-state index contributed by atoms with van der Waals surface area (Å²) in [6.07, 6.45) is -0.843. The molecular formula is C12H14N2O4. The fourth-order valence-electron chi connectivity index (χ4n) is 1.32. The van der Waals surface area contributed by atoms with Crippen LogP contribution in [0.15, 0.2) is 12.1 Å². The molecule has 0 radical (unpaired) electrons. The maximum Gasteiger partial charge on any atom is 0.341 e. The van der Waals surface area contributed by atoms with Crippen molar-refractivity contribution in [2.75, 3.05) is 20.0 Å². The predicted molar refractivity (Wildman–Crippen MR) is 64.4 cm³/mol. The van der Waals surface area contributed by atoms with Crippen molar-refractivity contribution in [2.24, 2.45) is 0 Å². The average molecular weight is 250 g/mol. The molecule has 0 aromatic heterocycles. The number of benzene rings is 1. The fourth-order valence-corrected chi connectivity index (χ4v) is 1.32. The number of hydrogen-bond acceptors (Lipinski definition) is 6. The second-order valence-corrected chi connectivity index (χ2v) is 3.47. The van der Waals surface area contributed by atoms with Gasteiger partial charge in [0.1, 0.15) is 6.07 Å². The van der Waals surface area contributed by atoms with Gasteiger partial charge in [-0.3, -0.25) is 0 Å². The van der Waals surface area contributed by atoms with E-state index in [1.54, 1.807) is 6.07 Å². The zero-order chi connectivity index (χ0) is 13.7. The summed E-state index contributed by atoms with van der Waals surface area (Å²) >= 11 is 0. The number of rotatable bonds is 4. The first-order chi connectivity index (χ1) is 8.53. The van der Waals surface area contributed by atoms with E-state index in [1.807, 2.05) is 0 Å². The van der Waals surface area contributed by atoms with Gasteiger partial charge in [0.05, 0.1) is 25.5 Å². The van der Waals surface area contributed by atoms with Crippen LogP contribution in [0.4, 0.5) is 5.69 Å². The first kappa shape index (κ1) is 13.6. The van der Waals surface area contributed by atoms with Crippen LogP contribution >= 0.6 is 0 Å². The molecule has 0 amide bonds. The van der Waals surface area contributed by atoms with Gasteiger partial charge >= 0.3 is 5.97 Å². The van der Waals surface area contributed by atoms with Crippen molar-refractivity contribution in [2.45, 2.75) is 13.0 Å². The number of esters is 1. The Morgan fingerprint density at radius 1 is 1.33 bits per heavy atom. The first-order valence-electron chi connectivity index (χ1n) is 5.15. The summed E-state index contributed by atoms with van der Waals surface area (Å²) in [6, 6.07) is 4.68. The van der Waals surface area contributed by atoms with Crippen LogP contribution in [0.3, 0.4) is 0 Å². The summed E-state index contributed by atoms with van der Waals surface area (Å²) < 4.78 is 15.0. The zero-order valence-corrected chi connectivity index (χ0v) is 10.4. The molecule has 0 saturated heterocycles. The average Bonchev–Trinajstić information content (AvgIpc) is 2.37. The summed E-state index contributed by atoms with van der Waals surface area (Å²) in [4.78, 5) is 11.8. The molecule has 96 valence electrons. The van der Waals surface area contributed by atoms with Crippen molar-refractivity contribution in [3.8, 4) is 17.6 Å². The third-order valence-corrected chi connectivity index (χ3v) is 2.24. The fraction of sp³-hybridized carbons (Fsp3) is 0.333. The minimum atomic E-state index is -0.843. The molecule has 1 atom stereocenters. The number of carbonyl (C=O) groups is 1. The van der Waals surface area contributed by atoms with Crippen LogP contribution in [0, 0.1) is 11.3 Å². The minimum absolute atomic E-state index is 0.134. The number of methoxy groups -OCH3 is 2. The number of nitriles is 1. The number of carbonyl (C=O) groups excluding carboxylic acids is 1. The molecule has 0 fully saturated rings. The molecule has 0 heterocycles. The van der Waals surface area contributed by atoms with Crippen molar-refractivity contribution >= 4 is 11.7 Å². The van der Waals surface area contributed by atoms with Crippen LogP contribution in [0.5, 0.6) is 11.5 Å². The predicted octanol–water partition coefficient (Wildman–Crippen LogP) is 1.35. The maximum atomic E-state index is 11.8. The van der Waals surface area contributed by atoms with Gasteiger partial charge < -0.3 is 19.9 Å². The van der Waals surface area contributed by atoms with Gasteiger partial charge in [-0.1, -0.05) is 0 Å². The lowest BCUT2D eigenvalue weighted by atomic mass is 10.1. The SMILES string of the molecule is COc1cc(N)c(C(=O)OC(C)C#N)cc1OC. The van der Waals surface area contributed by atoms with Gasteiger partial charge in [-0.25, -0.2) is 4.79 Å². The molecule has 1 unspecified atom stereocenters.